The molecule has 0 spiro atoms. The predicted molar refractivity (Wildman–Crippen MR) is 90.8 cm³/mol. The second-order valence-corrected chi connectivity index (χ2v) is 5.40. The van der Waals surface area contributed by atoms with E-state index in [4.69, 9.17) is 9.47 Å². The zero-order valence-electron chi connectivity index (χ0n) is 13.9. The van der Waals surface area contributed by atoms with E-state index in [-0.39, 0.29) is 12.5 Å². The molecule has 0 aliphatic rings. The highest BCUT2D eigenvalue weighted by Crippen LogP contribution is 2.26. The Labute approximate surface area is 137 Å². The summed E-state index contributed by atoms with van der Waals surface area (Å²) in [5.41, 5.74) is 2.31. The summed E-state index contributed by atoms with van der Waals surface area (Å²) in [6.07, 6.45) is 0. The molecule has 0 saturated carbocycles. The maximum absolute atomic E-state index is 12.2. The van der Waals surface area contributed by atoms with Gasteiger partial charge in [-0.25, -0.2) is 0 Å². The lowest BCUT2D eigenvalue weighted by atomic mass is 10.1. The van der Waals surface area contributed by atoms with Gasteiger partial charge in [0, 0.05) is 13.6 Å². The van der Waals surface area contributed by atoms with Crippen molar-refractivity contribution in [1.29, 1.82) is 0 Å². The third kappa shape index (κ3) is 5.02. The molecule has 0 fully saturated rings. The number of hydrogen-bond donors (Lipinski definition) is 0. The fourth-order valence-corrected chi connectivity index (χ4v) is 2.15. The molecule has 122 valence electrons. The molecule has 0 bridgehead atoms. The lowest BCUT2D eigenvalue weighted by molar-refractivity contribution is -0.132. The Balaban J connectivity index is 1.90. The molecular weight excluding hydrogens is 290 g/mol. The van der Waals surface area contributed by atoms with Crippen LogP contribution in [-0.4, -0.2) is 31.1 Å². The van der Waals surface area contributed by atoms with Crippen LogP contribution in [-0.2, 0) is 11.3 Å². The fraction of sp³-hybridized carbons (Fsp3) is 0.316. The molecule has 0 N–H and O–H groups in total. The Morgan fingerprint density at radius 2 is 1.61 bits per heavy atom. The molecule has 0 atom stereocenters. The number of ether oxygens (including phenoxy) is 2. The van der Waals surface area contributed by atoms with Crippen LogP contribution in [0.1, 0.15) is 18.1 Å². The van der Waals surface area contributed by atoms with E-state index in [1.165, 1.54) is 5.56 Å². The third-order valence-corrected chi connectivity index (χ3v) is 3.47. The van der Waals surface area contributed by atoms with Crippen LogP contribution in [0.5, 0.6) is 11.5 Å². The molecule has 2 aromatic rings. The summed E-state index contributed by atoms with van der Waals surface area (Å²) in [6.45, 7) is 5.07. The number of carbonyl (C=O) groups excluding carboxylic acids is 1. The molecule has 0 heterocycles. The zero-order valence-corrected chi connectivity index (χ0v) is 13.9. The first kappa shape index (κ1) is 16.9. The van der Waals surface area contributed by atoms with E-state index < -0.39 is 0 Å². The van der Waals surface area contributed by atoms with Crippen molar-refractivity contribution in [1.82, 2.24) is 4.90 Å². The number of para-hydroxylation sites is 2. The van der Waals surface area contributed by atoms with Crippen LogP contribution >= 0.6 is 0 Å². The monoisotopic (exact) mass is 313 g/mol. The zero-order chi connectivity index (χ0) is 16.7. The van der Waals surface area contributed by atoms with Crippen molar-refractivity contribution in [3.63, 3.8) is 0 Å². The molecule has 4 heteroatoms. The molecular formula is C19H23NO3. The summed E-state index contributed by atoms with van der Waals surface area (Å²) in [4.78, 5) is 13.9. The fourth-order valence-electron chi connectivity index (χ4n) is 2.15. The predicted octanol–water partition coefficient (Wildman–Crippen LogP) is 3.43. The first-order valence-electron chi connectivity index (χ1n) is 7.74. The number of carbonyl (C=O) groups is 1. The standard InChI is InChI=1S/C19H23NO3/c1-4-22-17-7-5-6-8-18(17)23-14-19(21)20(3)13-16-11-9-15(2)10-12-16/h5-12H,4,13-14H2,1-3H3. The Morgan fingerprint density at radius 1 is 1.00 bits per heavy atom. The van der Waals surface area contributed by atoms with Crippen molar-refractivity contribution < 1.29 is 14.3 Å². The van der Waals surface area contributed by atoms with Gasteiger partial charge in [0.2, 0.25) is 0 Å². The molecule has 0 saturated heterocycles. The van der Waals surface area contributed by atoms with Gasteiger partial charge in [-0.3, -0.25) is 4.79 Å². The minimum absolute atomic E-state index is 0.00749. The van der Waals surface area contributed by atoms with Gasteiger partial charge in [-0.15, -0.1) is 0 Å². The summed E-state index contributed by atoms with van der Waals surface area (Å²) in [6, 6.07) is 15.5. The Morgan fingerprint density at radius 3 is 2.22 bits per heavy atom. The van der Waals surface area contributed by atoms with Crippen molar-refractivity contribution in [3.05, 3.63) is 59.7 Å². The molecule has 23 heavy (non-hydrogen) atoms. The van der Waals surface area contributed by atoms with E-state index in [1.807, 2.05) is 56.3 Å². The highest BCUT2D eigenvalue weighted by atomic mass is 16.5. The Kier molecular flexibility index (Phi) is 6.03. The van der Waals surface area contributed by atoms with Crippen molar-refractivity contribution >= 4 is 5.91 Å². The van der Waals surface area contributed by atoms with E-state index in [0.717, 1.165) is 5.56 Å². The Hall–Kier alpha value is -2.49. The minimum Gasteiger partial charge on any atom is -0.490 e. The van der Waals surface area contributed by atoms with Crippen LogP contribution in [0.4, 0.5) is 0 Å². The summed E-state index contributed by atoms with van der Waals surface area (Å²) >= 11 is 0. The van der Waals surface area contributed by atoms with E-state index in [9.17, 15) is 4.79 Å². The minimum atomic E-state index is -0.0723. The van der Waals surface area contributed by atoms with E-state index in [0.29, 0.717) is 24.7 Å². The molecule has 4 nitrogen and oxygen atoms in total. The number of aryl methyl sites for hydroxylation is 1. The molecule has 2 rings (SSSR count). The van der Waals surface area contributed by atoms with Gasteiger partial charge in [0.15, 0.2) is 18.1 Å². The van der Waals surface area contributed by atoms with Crippen LogP contribution in [0.2, 0.25) is 0 Å². The van der Waals surface area contributed by atoms with E-state index >= 15 is 0 Å². The highest BCUT2D eigenvalue weighted by Gasteiger charge is 2.12. The second kappa shape index (κ2) is 8.22. The number of nitrogens with zero attached hydrogens (tertiary/aromatic N) is 1. The number of rotatable bonds is 7. The van der Waals surface area contributed by atoms with Crippen molar-refractivity contribution in [2.75, 3.05) is 20.3 Å². The lowest BCUT2D eigenvalue weighted by Crippen LogP contribution is -2.31. The summed E-state index contributed by atoms with van der Waals surface area (Å²) in [5.74, 6) is 1.17. The van der Waals surface area contributed by atoms with Crippen LogP contribution in [0, 0.1) is 6.92 Å². The first-order chi connectivity index (χ1) is 11.1. The average molecular weight is 313 g/mol. The smallest absolute Gasteiger partial charge is 0.260 e. The van der Waals surface area contributed by atoms with Gasteiger partial charge < -0.3 is 14.4 Å². The maximum Gasteiger partial charge on any atom is 0.260 e. The molecule has 0 aliphatic carbocycles. The average Bonchev–Trinajstić information content (AvgIpc) is 2.56. The molecule has 1 amide bonds. The van der Waals surface area contributed by atoms with E-state index in [1.54, 1.807) is 18.0 Å². The van der Waals surface area contributed by atoms with E-state index in [2.05, 4.69) is 0 Å². The molecule has 0 aliphatic heterocycles. The lowest BCUT2D eigenvalue weighted by Gasteiger charge is -2.18. The molecule has 0 aromatic heterocycles. The maximum atomic E-state index is 12.2. The van der Waals surface area contributed by atoms with Gasteiger partial charge in [0.1, 0.15) is 0 Å². The summed E-state index contributed by atoms with van der Waals surface area (Å²) in [7, 11) is 1.78. The van der Waals surface area contributed by atoms with Crippen LogP contribution < -0.4 is 9.47 Å². The number of benzene rings is 2. The normalized spacial score (nSPS) is 10.2. The summed E-state index contributed by atoms with van der Waals surface area (Å²) in [5, 5.41) is 0. The molecule has 0 radical (unpaired) electrons. The Bertz CT molecular complexity index is 637. The first-order valence-corrected chi connectivity index (χ1v) is 7.74. The number of amides is 1. The molecule has 2 aromatic carbocycles. The van der Waals surface area contributed by atoms with Gasteiger partial charge in [-0.05, 0) is 31.5 Å². The topological polar surface area (TPSA) is 38.8 Å². The largest absolute Gasteiger partial charge is 0.490 e. The van der Waals surface area contributed by atoms with Crippen LogP contribution in [0.15, 0.2) is 48.5 Å². The van der Waals surface area contributed by atoms with Gasteiger partial charge in [-0.2, -0.15) is 0 Å². The number of hydrogen-bond acceptors (Lipinski definition) is 3. The van der Waals surface area contributed by atoms with Crippen molar-refractivity contribution in [2.45, 2.75) is 20.4 Å². The quantitative estimate of drug-likeness (QED) is 0.786. The summed E-state index contributed by atoms with van der Waals surface area (Å²) < 4.78 is 11.1. The van der Waals surface area contributed by atoms with Crippen LogP contribution in [0.3, 0.4) is 0 Å². The van der Waals surface area contributed by atoms with Crippen LogP contribution in [0.25, 0.3) is 0 Å². The SMILES string of the molecule is CCOc1ccccc1OCC(=O)N(C)Cc1ccc(C)cc1. The van der Waals surface area contributed by atoms with Crippen molar-refractivity contribution in [2.24, 2.45) is 0 Å². The molecule has 0 unspecified atom stereocenters. The van der Waals surface area contributed by atoms with Gasteiger partial charge in [-0.1, -0.05) is 42.0 Å². The van der Waals surface area contributed by atoms with Gasteiger partial charge in [0.25, 0.3) is 5.91 Å². The third-order valence-electron chi connectivity index (χ3n) is 3.47. The van der Waals surface area contributed by atoms with Gasteiger partial charge >= 0.3 is 0 Å². The van der Waals surface area contributed by atoms with Gasteiger partial charge in [0.05, 0.1) is 6.61 Å². The number of likely N-dealkylation sites (N-methyl/N-ethyl adjacent to an activating group) is 1. The van der Waals surface area contributed by atoms with Crippen molar-refractivity contribution in [3.8, 4) is 11.5 Å². The highest BCUT2D eigenvalue weighted by molar-refractivity contribution is 5.77. The second-order valence-electron chi connectivity index (χ2n) is 5.40.